The van der Waals surface area contributed by atoms with Crippen LogP contribution < -0.4 is 5.73 Å². The van der Waals surface area contributed by atoms with Crippen LogP contribution in [0.5, 0.6) is 0 Å². The predicted octanol–water partition coefficient (Wildman–Crippen LogP) is 2.11. The van der Waals surface area contributed by atoms with E-state index < -0.39 is 14.1 Å². The number of hydrogen-bond acceptors (Lipinski definition) is 9. The average molecular weight is 411 g/mol. The van der Waals surface area contributed by atoms with E-state index in [4.69, 9.17) is 19.7 Å². The molecular formula is C16H24N6O5P+. The number of imidazole rings is 1. The van der Waals surface area contributed by atoms with E-state index in [1.807, 2.05) is 6.92 Å². The minimum atomic E-state index is -2.10. The maximum Gasteiger partial charge on any atom is 0.540 e. The summed E-state index contributed by atoms with van der Waals surface area (Å²) >= 11 is 0. The Balaban J connectivity index is 1.37. The summed E-state index contributed by atoms with van der Waals surface area (Å²) in [5.74, 6) is 0.313. The number of ether oxygens (including phenoxy) is 2. The quantitative estimate of drug-likeness (QED) is 0.512. The Kier molecular flexibility index (Phi) is 7.07. The Bertz CT molecular complexity index is 825. The van der Waals surface area contributed by atoms with Crippen LogP contribution in [0.3, 0.4) is 0 Å². The fourth-order valence-corrected chi connectivity index (χ4v) is 3.51. The van der Waals surface area contributed by atoms with Gasteiger partial charge in [0.15, 0.2) is 11.5 Å². The summed E-state index contributed by atoms with van der Waals surface area (Å²) < 4.78 is 29.3. The first kappa shape index (κ1) is 20.4. The maximum atomic E-state index is 11.9. The van der Waals surface area contributed by atoms with E-state index in [1.54, 1.807) is 15.8 Å². The van der Waals surface area contributed by atoms with Gasteiger partial charge in [0.25, 0.3) is 6.35 Å². The first-order valence-corrected chi connectivity index (χ1v) is 10.4. The van der Waals surface area contributed by atoms with E-state index in [0.717, 1.165) is 19.3 Å². The zero-order chi connectivity index (χ0) is 19.9. The van der Waals surface area contributed by atoms with Crippen LogP contribution in [0.15, 0.2) is 12.7 Å². The molecule has 1 aliphatic rings. The van der Waals surface area contributed by atoms with Crippen LogP contribution in [0.1, 0.15) is 26.2 Å². The van der Waals surface area contributed by atoms with Crippen LogP contribution in [0.25, 0.3) is 11.2 Å². The summed E-state index contributed by atoms with van der Waals surface area (Å²) in [7, 11) is -2.10. The van der Waals surface area contributed by atoms with Crippen molar-refractivity contribution in [3.05, 3.63) is 12.7 Å². The van der Waals surface area contributed by atoms with E-state index >= 15 is 0 Å². The summed E-state index contributed by atoms with van der Waals surface area (Å²) in [4.78, 5) is 25.7. The second kappa shape index (κ2) is 9.72. The van der Waals surface area contributed by atoms with Gasteiger partial charge < -0.3 is 24.7 Å². The molecule has 12 heteroatoms. The molecule has 3 heterocycles. The molecule has 2 aromatic heterocycles. The topological polar surface area (TPSA) is 135 Å². The number of hydrogen-bond donors (Lipinski definition) is 1. The fraction of sp³-hybridized carbons (Fsp3) is 0.625. The highest BCUT2D eigenvalue weighted by atomic mass is 31.1. The van der Waals surface area contributed by atoms with Crippen molar-refractivity contribution in [3.63, 3.8) is 0 Å². The van der Waals surface area contributed by atoms with E-state index in [2.05, 4.69) is 15.0 Å². The first-order chi connectivity index (χ1) is 13.5. The number of rotatable bonds is 8. The molecule has 0 aliphatic carbocycles. The van der Waals surface area contributed by atoms with Gasteiger partial charge in [-0.15, -0.1) is 4.52 Å². The van der Waals surface area contributed by atoms with Crippen LogP contribution >= 0.6 is 8.03 Å². The van der Waals surface area contributed by atoms with Crippen molar-refractivity contribution in [2.45, 2.75) is 38.8 Å². The molecule has 0 radical (unpaired) electrons. The van der Waals surface area contributed by atoms with Gasteiger partial charge in [-0.05, 0) is 30.8 Å². The summed E-state index contributed by atoms with van der Waals surface area (Å²) in [5, 5.41) is 0. The second-order valence-electron chi connectivity index (χ2n) is 6.47. The highest BCUT2D eigenvalue weighted by Gasteiger charge is 2.23. The van der Waals surface area contributed by atoms with Crippen molar-refractivity contribution in [2.24, 2.45) is 0 Å². The Morgan fingerprint density at radius 2 is 2.07 bits per heavy atom. The molecule has 28 heavy (non-hydrogen) atoms. The third kappa shape index (κ3) is 5.34. The highest BCUT2D eigenvalue weighted by molar-refractivity contribution is 7.38. The molecule has 3 rings (SSSR count). The Morgan fingerprint density at radius 1 is 1.29 bits per heavy atom. The van der Waals surface area contributed by atoms with E-state index in [0.29, 0.717) is 36.6 Å². The predicted molar refractivity (Wildman–Crippen MR) is 101 cm³/mol. The van der Waals surface area contributed by atoms with Gasteiger partial charge in [0.2, 0.25) is 6.79 Å². The standard InChI is InChI=1S/C16H24N6O5P/c1-12(7-22-9-20-13-14(17)18-8-19-15(13)22)26-11-28(24)27-10-25-16(23)21-5-3-2-4-6-21/h8-9,12H,2-7,10-11H2,1H3,(H2,17,18,19)/q+1/t12-/m1/s1. The van der Waals surface area contributed by atoms with Gasteiger partial charge in [-0.1, -0.05) is 0 Å². The smallest absolute Gasteiger partial charge is 0.417 e. The Labute approximate surface area is 163 Å². The number of carbonyl (C=O) groups is 1. The van der Waals surface area contributed by atoms with Crippen molar-refractivity contribution in [1.82, 2.24) is 24.4 Å². The number of nitrogen functional groups attached to an aromatic ring is 1. The Hall–Kier alpha value is -2.36. The molecule has 1 unspecified atom stereocenters. The summed E-state index contributed by atoms with van der Waals surface area (Å²) in [6.45, 7) is 3.29. The van der Waals surface area contributed by atoms with E-state index in [9.17, 15) is 9.36 Å². The lowest BCUT2D eigenvalue weighted by molar-refractivity contribution is 0.0289. The Morgan fingerprint density at radius 3 is 2.86 bits per heavy atom. The monoisotopic (exact) mass is 411 g/mol. The van der Waals surface area contributed by atoms with Crippen molar-refractivity contribution in [2.75, 3.05) is 32.0 Å². The minimum Gasteiger partial charge on any atom is -0.417 e. The molecule has 0 bridgehead atoms. The number of fused-ring (bicyclic) bond motifs is 1. The van der Waals surface area contributed by atoms with Gasteiger partial charge in [0.1, 0.15) is 11.8 Å². The van der Waals surface area contributed by atoms with E-state index in [1.165, 1.54) is 6.33 Å². The number of anilines is 1. The molecule has 1 aliphatic heterocycles. The molecule has 1 amide bonds. The number of aromatic nitrogens is 4. The van der Waals surface area contributed by atoms with Crippen molar-refractivity contribution in [1.29, 1.82) is 0 Å². The third-order valence-electron chi connectivity index (χ3n) is 4.34. The lowest BCUT2D eigenvalue weighted by atomic mass is 10.1. The largest absolute Gasteiger partial charge is 0.540 e. The number of likely N-dealkylation sites (tertiary alicyclic amines) is 1. The average Bonchev–Trinajstić information content (AvgIpc) is 3.11. The van der Waals surface area contributed by atoms with Gasteiger partial charge in [0.05, 0.1) is 19.0 Å². The minimum absolute atomic E-state index is 0.110. The van der Waals surface area contributed by atoms with Crippen molar-refractivity contribution in [3.8, 4) is 0 Å². The van der Waals surface area contributed by atoms with Crippen LogP contribution in [0.4, 0.5) is 10.6 Å². The van der Waals surface area contributed by atoms with Gasteiger partial charge in [-0.2, -0.15) is 0 Å². The van der Waals surface area contributed by atoms with E-state index in [-0.39, 0.29) is 19.2 Å². The van der Waals surface area contributed by atoms with Crippen molar-refractivity contribution >= 4 is 31.1 Å². The molecular weight excluding hydrogens is 387 g/mol. The fourth-order valence-electron chi connectivity index (χ4n) is 2.89. The molecule has 0 saturated carbocycles. The molecule has 152 valence electrons. The number of nitrogens with zero attached hydrogens (tertiary/aromatic N) is 5. The maximum absolute atomic E-state index is 11.9. The van der Waals surface area contributed by atoms with Gasteiger partial charge in [0, 0.05) is 13.1 Å². The van der Waals surface area contributed by atoms with Gasteiger partial charge >= 0.3 is 14.1 Å². The number of amides is 1. The van der Waals surface area contributed by atoms with Crippen LogP contribution in [0.2, 0.25) is 0 Å². The van der Waals surface area contributed by atoms with Crippen LogP contribution in [-0.4, -0.2) is 62.8 Å². The molecule has 0 aromatic carbocycles. The van der Waals surface area contributed by atoms with Crippen molar-refractivity contribution < 1.29 is 23.4 Å². The molecule has 2 atom stereocenters. The first-order valence-electron chi connectivity index (χ1n) is 9.07. The molecule has 2 N–H and O–H groups in total. The molecule has 11 nitrogen and oxygen atoms in total. The summed E-state index contributed by atoms with van der Waals surface area (Å²) in [6, 6.07) is 0. The third-order valence-corrected chi connectivity index (χ3v) is 5.09. The zero-order valence-corrected chi connectivity index (χ0v) is 16.6. The lowest BCUT2D eigenvalue weighted by Crippen LogP contribution is -2.36. The molecule has 1 saturated heterocycles. The lowest BCUT2D eigenvalue weighted by Gasteiger charge is -2.25. The summed E-state index contributed by atoms with van der Waals surface area (Å²) in [6.07, 6.45) is 5.22. The zero-order valence-electron chi connectivity index (χ0n) is 15.7. The van der Waals surface area contributed by atoms with Crippen LogP contribution in [0, 0.1) is 0 Å². The SMILES string of the molecule is C[C@H](Cn1cnc2c(N)ncnc21)OC[P+](=O)OCOC(=O)N1CCCCC1. The number of piperidine rings is 1. The van der Waals surface area contributed by atoms with Gasteiger partial charge in [-0.3, -0.25) is 0 Å². The summed E-state index contributed by atoms with van der Waals surface area (Å²) in [5.41, 5.74) is 6.89. The normalized spacial score (nSPS) is 16.2. The van der Waals surface area contributed by atoms with Crippen LogP contribution in [-0.2, 0) is 25.1 Å². The number of carbonyl (C=O) groups excluding carboxylic acids is 1. The second-order valence-corrected chi connectivity index (χ2v) is 7.65. The molecule has 1 fully saturated rings. The van der Waals surface area contributed by atoms with Gasteiger partial charge in [-0.25, -0.2) is 19.7 Å². The molecule has 0 spiro atoms. The number of nitrogens with two attached hydrogens (primary N) is 1. The highest BCUT2D eigenvalue weighted by Crippen LogP contribution is 2.23. The molecule has 2 aromatic rings.